The van der Waals surface area contributed by atoms with E-state index in [1.54, 1.807) is 0 Å². The molecule has 0 aromatic heterocycles. The number of hydrogen-bond donors (Lipinski definition) is 0. The SMILES string of the molecule is S=C=N[P+](Cl)(Br)N=C=S. The second-order valence-corrected chi connectivity index (χ2v) is 8.12. The van der Waals surface area contributed by atoms with Crippen LogP contribution in [0, 0.1) is 0 Å². The fourth-order valence-electron chi connectivity index (χ4n) is 0.121. The Morgan fingerprint density at radius 3 is 1.89 bits per heavy atom. The van der Waals surface area contributed by atoms with Crippen LogP contribution in [0.15, 0.2) is 9.53 Å². The maximum atomic E-state index is 5.57. The molecule has 0 unspecified atom stereocenters. The first-order valence-corrected chi connectivity index (χ1v) is 7.03. The smallest absolute Gasteiger partial charge is 0.0147 e. The van der Waals surface area contributed by atoms with Gasteiger partial charge in [-0.15, -0.1) is 0 Å². The van der Waals surface area contributed by atoms with E-state index in [9.17, 15) is 0 Å². The molecular weight excluding hydrogens is 263 g/mol. The van der Waals surface area contributed by atoms with Crippen molar-refractivity contribution in [2.75, 3.05) is 0 Å². The van der Waals surface area contributed by atoms with Crippen LogP contribution < -0.4 is 0 Å². The first-order valence-electron chi connectivity index (χ1n) is 1.59. The third kappa shape index (κ3) is 5.25. The quantitative estimate of drug-likeness (QED) is 0.432. The second-order valence-electron chi connectivity index (χ2n) is 0.838. The molecule has 0 radical (unpaired) electrons. The number of halogens is 2. The molecule has 0 heterocycles. The van der Waals surface area contributed by atoms with E-state index in [2.05, 4.69) is 59.8 Å². The van der Waals surface area contributed by atoms with Crippen LogP contribution in [0.3, 0.4) is 0 Å². The number of hydrogen-bond acceptors (Lipinski definition) is 4. The summed E-state index contributed by atoms with van der Waals surface area (Å²) in [5, 5.41) is 4.18. The van der Waals surface area contributed by atoms with Gasteiger partial charge in [-0.05, 0) is 34.0 Å². The molecule has 0 aromatic rings. The number of isothiocyanates is 2. The zero-order chi connectivity index (χ0) is 7.33. The van der Waals surface area contributed by atoms with Crippen molar-refractivity contribution in [1.82, 2.24) is 0 Å². The molecule has 7 heteroatoms. The van der Waals surface area contributed by atoms with Gasteiger partial charge in [-0.1, -0.05) is 0 Å². The molecule has 0 spiro atoms. The lowest BCUT2D eigenvalue weighted by molar-refractivity contribution is 1.84. The van der Waals surface area contributed by atoms with E-state index in [0.717, 1.165) is 0 Å². The molecule has 0 aliphatic carbocycles. The Bertz CT molecular complexity index is 175. The van der Waals surface area contributed by atoms with Crippen molar-refractivity contribution >= 4 is 67.1 Å². The zero-order valence-corrected chi connectivity index (χ0v) is 8.78. The van der Waals surface area contributed by atoms with Crippen molar-refractivity contribution < 1.29 is 0 Å². The fourth-order valence-corrected chi connectivity index (χ4v) is 2.67. The fraction of sp³-hybridized carbons (Fsp3) is 0. The molecule has 0 N–H and O–H groups in total. The van der Waals surface area contributed by atoms with E-state index in [0.29, 0.717) is 0 Å². The van der Waals surface area contributed by atoms with Gasteiger partial charge < -0.3 is 0 Å². The predicted octanol–water partition coefficient (Wildman–Crippen LogP) is 3.50. The summed E-state index contributed by atoms with van der Waals surface area (Å²) in [5.41, 5.74) is -2.34. The maximum Gasteiger partial charge on any atom is 0.433 e. The largest absolute Gasteiger partial charge is 0.433 e. The minimum Gasteiger partial charge on any atom is -0.0147 e. The summed E-state index contributed by atoms with van der Waals surface area (Å²) in [4.78, 5) is 0. The molecule has 0 rings (SSSR count). The average molecular weight is 263 g/mol. The molecule has 0 aliphatic rings. The van der Waals surface area contributed by atoms with Crippen molar-refractivity contribution in [2.24, 2.45) is 9.53 Å². The monoisotopic (exact) mass is 261 g/mol. The Morgan fingerprint density at radius 1 is 1.33 bits per heavy atom. The molecule has 0 saturated heterocycles. The van der Waals surface area contributed by atoms with Crippen molar-refractivity contribution in [1.29, 1.82) is 0 Å². The van der Waals surface area contributed by atoms with Gasteiger partial charge in [0, 0.05) is 0 Å². The van der Waals surface area contributed by atoms with Gasteiger partial charge in [0.2, 0.25) is 15.5 Å². The predicted molar refractivity (Wildman–Crippen MR) is 51.8 cm³/mol. The number of nitrogens with zero attached hydrogens (tertiary/aromatic N) is 2. The number of rotatable bonds is 2. The highest BCUT2D eigenvalue weighted by Crippen LogP contribution is 2.73. The highest BCUT2D eigenvalue weighted by Gasteiger charge is 2.33. The van der Waals surface area contributed by atoms with Crippen LogP contribution in [0.4, 0.5) is 0 Å². The molecular formula is C2BrClN2PS2+. The molecule has 0 bridgehead atoms. The van der Waals surface area contributed by atoms with E-state index < -0.39 is 5.62 Å². The minimum atomic E-state index is -2.34. The van der Waals surface area contributed by atoms with E-state index in [-0.39, 0.29) is 0 Å². The van der Waals surface area contributed by atoms with E-state index in [1.807, 2.05) is 0 Å². The van der Waals surface area contributed by atoms with Crippen molar-refractivity contribution in [3.8, 4) is 0 Å². The van der Waals surface area contributed by atoms with E-state index in [1.165, 1.54) is 0 Å². The van der Waals surface area contributed by atoms with E-state index >= 15 is 0 Å². The van der Waals surface area contributed by atoms with Crippen molar-refractivity contribution in [3.05, 3.63) is 0 Å². The molecule has 48 valence electrons. The second kappa shape index (κ2) is 4.59. The normalized spacial score (nSPS) is 14.4. The molecule has 0 aliphatic heterocycles. The van der Waals surface area contributed by atoms with Gasteiger partial charge in [0.25, 0.3) is 0 Å². The van der Waals surface area contributed by atoms with Gasteiger partial charge in [0.15, 0.2) is 11.2 Å². The maximum absolute atomic E-state index is 5.57. The summed E-state index contributed by atoms with van der Waals surface area (Å²) in [7, 11) is 0. The third-order valence-electron chi connectivity index (χ3n) is 0.322. The van der Waals surface area contributed by atoms with Crippen LogP contribution in [0.1, 0.15) is 0 Å². The van der Waals surface area contributed by atoms with Crippen molar-refractivity contribution in [2.45, 2.75) is 0 Å². The highest BCUT2D eigenvalue weighted by atomic mass is 79.9. The minimum absolute atomic E-state index is 2.09. The van der Waals surface area contributed by atoms with Gasteiger partial charge in [-0.3, -0.25) is 0 Å². The summed E-state index contributed by atoms with van der Waals surface area (Å²) in [5.74, 6) is 0. The van der Waals surface area contributed by atoms with Crippen LogP contribution >= 0.6 is 56.8 Å². The molecule has 0 amide bonds. The molecule has 9 heavy (non-hydrogen) atoms. The molecule has 0 fully saturated rings. The Morgan fingerprint density at radius 2 is 1.67 bits per heavy atom. The van der Waals surface area contributed by atoms with Crippen LogP contribution in [-0.2, 0) is 0 Å². The summed E-state index contributed by atoms with van der Waals surface area (Å²) in [6.07, 6.45) is 0. The molecule has 0 atom stereocenters. The summed E-state index contributed by atoms with van der Waals surface area (Å²) in [6, 6.07) is 0. The van der Waals surface area contributed by atoms with Crippen LogP contribution in [0.5, 0.6) is 0 Å². The van der Waals surface area contributed by atoms with Gasteiger partial charge in [-0.2, -0.15) is 0 Å². The lowest BCUT2D eigenvalue weighted by atomic mass is 11.8. The van der Waals surface area contributed by atoms with E-state index in [4.69, 9.17) is 11.2 Å². The third-order valence-corrected chi connectivity index (χ3v) is 2.86. The molecule has 2 nitrogen and oxygen atoms in total. The first kappa shape index (κ1) is 9.80. The van der Waals surface area contributed by atoms with Gasteiger partial charge in [0.1, 0.15) is 10.3 Å². The zero-order valence-electron chi connectivity index (χ0n) is 3.91. The van der Waals surface area contributed by atoms with Gasteiger partial charge >= 0.3 is 5.62 Å². The van der Waals surface area contributed by atoms with Crippen molar-refractivity contribution in [3.63, 3.8) is 0 Å². The Kier molecular flexibility index (Phi) is 5.00. The summed E-state index contributed by atoms with van der Waals surface area (Å²) < 4.78 is 7.02. The lowest BCUT2D eigenvalue weighted by Crippen LogP contribution is -1.56. The van der Waals surface area contributed by atoms with Crippen LogP contribution in [0.2, 0.25) is 0 Å². The van der Waals surface area contributed by atoms with Gasteiger partial charge in [-0.25, -0.2) is 0 Å². The number of thiocarbonyl (C=S) groups is 2. The molecule has 0 aromatic carbocycles. The van der Waals surface area contributed by atoms with Gasteiger partial charge in [0.05, 0.1) is 0 Å². The molecule has 0 saturated carbocycles. The Hall–Kier alpha value is 0.800. The lowest BCUT2D eigenvalue weighted by Gasteiger charge is -1.85. The van der Waals surface area contributed by atoms with Crippen LogP contribution in [0.25, 0.3) is 0 Å². The standard InChI is InChI=1S/C2BrClN2PS2/c3-7(4,5-1-8)6-2-9/q+1. The first-order chi connectivity index (χ1) is 4.12. The topological polar surface area (TPSA) is 24.7 Å². The summed E-state index contributed by atoms with van der Waals surface area (Å²) in [6.45, 7) is 0. The average Bonchev–Trinajstić information content (AvgIpc) is 1.64. The Labute approximate surface area is 76.4 Å². The Balaban J connectivity index is 4.36. The highest BCUT2D eigenvalue weighted by molar-refractivity contribution is 9.44. The van der Waals surface area contributed by atoms with Crippen LogP contribution in [-0.4, -0.2) is 10.3 Å². The summed E-state index contributed by atoms with van der Waals surface area (Å²) >= 11 is 17.1.